The number of hydrogen-bond acceptors (Lipinski definition) is 2. The number of Topliss-reactive ketones (excluding diaryl/α,β-unsaturated/α-hetero) is 1. The molecule has 0 saturated carbocycles. The first-order valence-electron chi connectivity index (χ1n) is 8.31. The molecule has 0 aromatic carbocycles. The second-order valence-corrected chi connectivity index (χ2v) is 5.66. The molecular formula is C19H33NO. The first-order chi connectivity index (χ1) is 10.1. The summed E-state index contributed by atoms with van der Waals surface area (Å²) in [6.45, 7) is 12.3. The van der Waals surface area contributed by atoms with Gasteiger partial charge in [0.05, 0.1) is 0 Å². The Kier molecular flexibility index (Phi) is 10.9. The number of carbonyl (C=O) groups excluding carboxylic acids is 1. The van der Waals surface area contributed by atoms with Gasteiger partial charge >= 0.3 is 0 Å². The second-order valence-electron chi connectivity index (χ2n) is 5.66. The molecule has 1 aliphatic heterocycles. The largest absolute Gasteiger partial charge is 0.317 e. The summed E-state index contributed by atoms with van der Waals surface area (Å²) in [6, 6.07) is 0. The van der Waals surface area contributed by atoms with Gasteiger partial charge < -0.3 is 5.32 Å². The van der Waals surface area contributed by atoms with Crippen LogP contribution < -0.4 is 5.32 Å². The molecule has 21 heavy (non-hydrogen) atoms. The maximum Gasteiger partial charge on any atom is 0.163 e. The summed E-state index contributed by atoms with van der Waals surface area (Å²) in [5.41, 5.74) is 0.969. The summed E-state index contributed by atoms with van der Waals surface area (Å²) in [5.74, 6) is 0.264. The van der Waals surface area contributed by atoms with Crippen LogP contribution in [0.25, 0.3) is 0 Å². The zero-order valence-electron chi connectivity index (χ0n) is 14.5. The summed E-state index contributed by atoms with van der Waals surface area (Å²) < 4.78 is 0. The van der Waals surface area contributed by atoms with Crippen molar-refractivity contribution >= 4 is 5.78 Å². The molecule has 0 aromatic rings. The minimum Gasteiger partial charge on any atom is -0.317 e. The average Bonchev–Trinajstić information content (AvgIpc) is 2.70. The summed E-state index contributed by atoms with van der Waals surface area (Å²) in [6.07, 6.45) is 13.7. The molecular weight excluding hydrogens is 258 g/mol. The number of ketones is 1. The van der Waals surface area contributed by atoms with E-state index < -0.39 is 0 Å². The van der Waals surface area contributed by atoms with Crippen LogP contribution in [0, 0.1) is 5.41 Å². The molecule has 120 valence electrons. The van der Waals surface area contributed by atoms with Gasteiger partial charge in [-0.05, 0) is 51.6 Å². The number of hydrogen-bond donors (Lipinski definition) is 1. The van der Waals surface area contributed by atoms with Crippen molar-refractivity contribution in [3.63, 3.8) is 0 Å². The van der Waals surface area contributed by atoms with Crippen molar-refractivity contribution in [2.45, 2.75) is 60.3 Å². The van der Waals surface area contributed by atoms with Crippen molar-refractivity contribution in [3.05, 3.63) is 36.0 Å². The van der Waals surface area contributed by atoms with Crippen molar-refractivity contribution in [3.8, 4) is 0 Å². The smallest absolute Gasteiger partial charge is 0.163 e. The van der Waals surface area contributed by atoms with Gasteiger partial charge in [-0.1, -0.05) is 51.2 Å². The lowest BCUT2D eigenvalue weighted by Crippen LogP contribution is -2.23. The Morgan fingerprint density at radius 2 is 1.86 bits per heavy atom. The van der Waals surface area contributed by atoms with Crippen LogP contribution >= 0.6 is 0 Å². The molecule has 1 N–H and O–H groups in total. The summed E-state index contributed by atoms with van der Waals surface area (Å²) >= 11 is 0. The third-order valence-corrected chi connectivity index (χ3v) is 3.76. The van der Waals surface area contributed by atoms with Crippen molar-refractivity contribution in [1.29, 1.82) is 0 Å². The highest BCUT2D eigenvalue weighted by atomic mass is 16.1. The summed E-state index contributed by atoms with van der Waals surface area (Å²) in [7, 11) is 0. The Labute approximate surface area is 131 Å². The van der Waals surface area contributed by atoms with Gasteiger partial charge in [-0.2, -0.15) is 0 Å². The van der Waals surface area contributed by atoms with E-state index in [0.29, 0.717) is 6.42 Å². The van der Waals surface area contributed by atoms with Gasteiger partial charge in [0.15, 0.2) is 5.78 Å². The Morgan fingerprint density at radius 3 is 2.48 bits per heavy atom. The molecule has 1 aliphatic rings. The Balaban J connectivity index is 0.00000191. The van der Waals surface area contributed by atoms with Crippen LogP contribution in [-0.2, 0) is 4.79 Å². The van der Waals surface area contributed by atoms with Crippen molar-refractivity contribution < 1.29 is 4.79 Å². The minimum absolute atomic E-state index is 0.150. The highest BCUT2D eigenvalue weighted by molar-refractivity contribution is 5.98. The first kappa shape index (κ1) is 19.9. The third-order valence-electron chi connectivity index (χ3n) is 3.76. The maximum atomic E-state index is 12.5. The molecule has 1 fully saturated rings. The number of allylic oxidation sites excluding steroid dienone is 6. The molecule has 2 heteroatoms. The Morgan fingerprint density at radius 1 is 1.14 bits per heavy atom. The van der Waals surface area contributed by atoms with E-state index in [2.05, 4.69) is 12.2 Å². The van der Waals surface area contributed by atoms with Gasteiger partial charge in [0, 0.05) is 12.0 Å². The summed E-state index contributed by atoms with van der Waals surface area (Å²) in [4.78, 5) is 12.5. The van der Waals surface area contributed by atoms with Crippen LogP contribution in [-0.4, -0.2) is 18.9 Å². The monoisotopic (exact) mass is 291 g/mol. The summed E-state index contributed by atoms with van der Waals surface area (Å²) in [5, 5.41) is 3.41. The highest BCUT2D eigenvalue weighted by Crippen LogP contribution is 2.34. The van der Waals surface area contributed by atoms with E-state index in [1.165, 1.54) is 6.42 Å². The lowest BCUT2D eigenvalue weighted by Gasteiger charge is -2.27. The molecule has 1 rings (SSSR count). The quantitative estimate of drug-likeness (QED) is 0.580. The number of rotatable bonds is 5. The van der Waals surface area contributed by atoms with E-state index in [9.17, 15) is 4.79 Å². The standard InChI is InChI=1S/C17H27NO.C2H6/c1-4-6-9-15(8-5-2)16(19)14-17(3)10-7-12-18-13-11-17;1-2/h4-6,8-9,18H,7,10-14H2,1-3H3;1-2H3/b6-4-,8-5-,15-9+;. The van der Waals surface area contributed by atoms with E-state index in [-0.39, 0.29) is 11.2 Å². The molecule has 1 saturated heterocycles. The Bertz CT molecular complexity index is 369. The van der Waals surface area contributed by atoms with Crippen LogP contribution in [0.1, 0.15) is 60.3 Å². The molecule has 0 amide bonds. The van der Waals surface area contributed by atoms with Gasteiger partial charge in [0.1, 0.15) is 0 Å². The molecule has 0 bridgehead atoms. The lowest BCUT2D eigenvalue weighted by molar-refractivity contribution is -0.117. The van der Waals surface area contributed by atoms with E-state index >= 15 is 0 Å². The molecule has 1 unspecified atom stereocenters. The predicted molar refractivity (Wildman–Crippen MR) is 93.5 cm³/mol. The second kappa shape index (κ2) is 11.5. The van der Waals surface area contributed by atoms with Gasteiger partial charge in [-0.25, -0.2) is 0 Å². The van der Waals surface area contributed by atoms with Crippen molar-refractivity contribution in [2.75, 3.05) is 13.1 Å². The number of nitrogens with one attached hydrogen (secondary N) is 1. The van der Waals surface area contributed by atoms with Gasteiger partial charge in [-0.15, -0.1) is 0 Å². The fraction of sp³-hybridized carbons (Fsp3) is 0.632. The topological polar surface area (TPSA) is 29.1 Å². The van der Waals surface area contributed by atoms with Crippen molar-refractivity contribution in [1.82, 2.24) is 5.32 Å². The van der Waals surface area contributed by atoms with E-state index in [1.54, 1.807) is 0 Å². The molecule has 0 aliphatic carbocycles. The molecule has 1 atom stereocenters. The van der Waals surface area contributed by atoms with Gasteiger partial charge in [0.25, 0.3) is 0 Å². The Hall–Kier alpha value is -1.15. The molecule has 0 aromatic heterocycles. The minimum atomic E-state index is 0.150. The predicted octanol–water partition coefficient (Wildman–Crippen LogP) is 4.83. The average molecular weight is 291 g/mol. The fourth-order valence-corrected chi connectivity index (χ4v) is 2.57. The molecule has 0 radical (unpaired) electrons. The number of carbonyl (C=O) groups is 1. The van der Waals surface area contributed by atoms with Gasteiger partial charge in [-0.3, -0.25) is 4.79 Å². The van der Waals surface area contributed by atoms with E-state index in [0.717, 1.165) is 31.5 Å². The van der Waals surface area contributed by atoms with Crippen LogP contribution in [0.5, 0.6) is 0 Å². The van der Waals surface area contributed by atoms with Crippen LogP contribution in [0.4, 0.5) is 0 Å². The SMILES string of the molecule is CC.C\C=C/C=C(\C=C/C)C(=O)CC1(C)CCCNCC1. The van der Waals surface area contributed by atoms with Crippen LogP contribution in [0.2, 0.25) is 0 Å². The normalized spacial score (nSPS) is 23.8. The van der Waals surface area contributed by atoms with E-state index in [1.807, 2.05) is 58.1 Å². The van der Waals surface area contributed by atoms with Crippen molar-refractivity contribution in [2.24, 2.45) is 5.41 Å². The van der Waals surface area contributed by atoms with Gasteiger partial charge in [0.2, 0.25) is 0 Å². The highest BCUT2D eigenvalue weighted by Gasteiger charge is 2.28. The zero-order chi connectivity index (χ0) is 16.1. The molecule has 0 spiro atoms. The van der Waals surface area contributed by atoms with Crippen LogP contribution in [0.3, 0.4) is 0 Å². The molecule has 1 heterocycles. The van der Waals surface area contributed by atoms with Crippen LogP contribution in [0.15, 0.2) is 36.0 Å². The third kappa shape index (κ3) is 8.01. The maximum absolute atomic E-state index is 12.5. The fourth-order valence-electron chi connectivity index (χ4n) is 2.57. The van der Waals surface area contributed by atoms with E-state index in [4.69, 9.17) is 0 Å². The molecule has 2 nitrogen and oxygen atoms in total. The zero-order valence-corrected chi connectivity index (χ0v) is 14.5. The first-order valence-corrected chi connectivity index (χ1v) is 8.31. The lowest BCUT2D eigenvalue weighted by atomic mass is 9.77.